The first kappa shape index (κ1) is 16.7. The van der Waals surface area contributed by atoms with E-state index in [9.17, 15) is 14.0 Å². The van der Waals surface area contributed by atoms with Gasteiger partial charge in [0.1, 0.15) is 5.82 Å². The number of amides is 1. The molecule has 2 aromatic carbocycles. The van der Waals surface area contributed by atoms with Gasteiger partial charge < -0.3 is 10.1 Å². The molecule has 23 heavy (non-hydrogen) atoms. The summed E-state index contributed by atoms with van der Waals surface area (Å²) in [7, 11) is 0. The predicted molar refractivity (Wildman–Crippen MR) is 85.9 cm³/mol. The molecule has 0 spiro atoms. The molecule has 0 heterocycles. The number of nitrogens with one attached hydrogen (secondary N) is 1. The van der Waals surface area contributed by atoms with Crippen LogP contribution in [0.3, 0.4) is 0 Å². The molecule has 0 aliphatic heterocycles. The molecule has 0 aliphatic carbocycles. The summed E-state index contributed by atoms with van der Waals surface area (Å²) in [5, 5.41) is 2.63. The summed E-state index contributed by atoms with van der Waals surface area (Å²) < 4.78 is 18.3. The van der Waals surface area contributed by atoms with Gasteiger partial charge in [0.05, 0.1) is 5.56 Å². The van der Waals surface area contributed by atoms with Crippen LogP contribution in [0.5, 0.6) is 0 Å². The minimum absolute atomic E-state index is 0.0770. The van der Waals surface area contributed by atoms with Crippen molar-refractivity contribution in [1.82, 2.24) is 0 Å². The number of esters is 1. The van der Waals surface area contributed by atoms with Crippen LogP contribution in [0.4, 0.5) is 10.1 Å². The smallest absolute Gasteiger partial charge is 0.338 e. The minimum atomic E-state index is -0.736. The summed E-state index contributed by atoms with van der Waals surface area (Å²) in [5.41, 5.74) is 2.31. The van der Waals surface area contributed by atoms with E-state index in [1.54, 1.807) is 19.1 Å². The third-order valence-corrected chi connectivity index (χ3v) is 3.39. The van der Waals surface area contributed by atoms with Crippen LogP contribution in [0.15, 0.2) is 42.5 Å². The molecule has 0 fully saturated rings. The maximum atomic E-state index is 13.4. The van der Waals surface area contributed by atoms with Gasteiger partial charge in [0.25, 0.3) is 5.91 Å². The summed E-state index contributed by atoms with van der Waals surface area (Å²) >= 11 is 0. The van der Waals surface area contributed by atoms with Crippen molar-refractivity contribution < 1.29 is 18.7 Å². The Morgan fingerprint density at radius 2 is 1.83 bits per heavy atom. The van der Waals surface area contributed by atoms with Gasteiger partial charge in [0.2, 0.25) is 0 Å². The van der Waals surface area contributed by atoms with E-state index in [4.69, 9.17) is 4.74 Å². The molecular weight excluding hydrogens is 297 g/mol. The molecular formula is C18H18FNO3. The fraction of sp³-hybridized carbons (Fsp3) is 0.222. The van der Waals surface area contributed by atoms with Crippen LogP contribution in [-0.4, -0.2) is 18.5 Å². The van der Waals surface area contributed by atoms with E-state index < -0.39 is 24.3 Å². The molecule has 0 aromatic heterocycles. The van der Waals surface area contributed by atoms with Crippen molar-refractivity contribution >= 4 is 17.6 Å². The number of carbonyl (C=O) groups is 2. The van der Waals surface area contributed by atoms with Crippen molar-refractivity contribution in [3.8, 4) is 0 Å². The molecule has 0 radical (unpaired) electrons. The van der Waals surface area contributed by atoms with E-state index in [1.807, 2.05) is 19.1 Å². The van der Waals surface area contributed by atoms with Gasteiger partial charge in [-0.3, -0.25) is 4.79 Å². The number of anilines is 1. The lowest BCUT2D eigenvalue weighted by molar-refractivity contribution is -0.119. The predicted octanol–water partition coefficient (Wildman–Crippen LogP) is 3.49. The molecule has 0 unspecified atom stereocenters. The normalized spacial score (nSPS) is 10.2. The number of aryl methyl sites for hydroxylation is 2. The zero-order valence-corrected chi connectivity index (χ0v) is 13.1. The van der Waals surface area contributed by atoms with E-state index in [0.717, 1.165) is 18.1 Å². The fourth-order valence-corrected chi connectivity index (χ4v) is 1.96. The highest BCUT2D eigenvalue weighted by Gasteiger charge is 2.12. The maximum absolute atomic E-state index is 13.4. The Kier molecular flexibility index (Phi) is 5.46. The minimum Gasteiger partial charge on any atom is -0.452 e. The summed E-state index contributed by atoms with van der Waals surface area (Å²) in [6.07, 6.45) is 0.916. The second-order valence-electron chi connectivity index (χ2n) is 5.14. The van der Waals surface area contributed by atoms with E-state index in [1.165, 1.54) is 12.1 Å². The lowest BCUT2D eigenvalue weighted by Gasteiger charge is -2.07. The van der Waals surface area contributed by atoms with Crippen LogP contribution in [0, 0.1) is 12.7 Å². The fourth-order valence-electron chi connectivity index (χ4n) is 1.96. The van der Waals surface area contributed by atoms with E-state index >= 15 is 0 Å². The van der Waals surface area contributed by atoms with Crippen LogP contribution < -0.4 is 5.32 Å². The summed E-state index contributed by atoms with van der Waals surface area (Å²) in [4.78, 5) is 23.5. The molecule has 1 amide bonds. The number of carbonyl (C=O) groups excluding carboxylic acids is 2. The van der Waals surface area contributed by atoms with Crippen molar-refractivity contribution in [2.24, 2.45) is 0 Å². The largest absolute Gasteiger partial charge is 0.452 e. The third-order valence-electron chi connectivity index (χ3n) is 3.39. The number of benzene rings is 2. The van der Waals surface area contributed by atoms with E-state index in [-0.39, 0.29) is 5.56 Å². The zero-order valence-electron chi connectivity index (χ0n) is 13.1. The number of ether oxygens (including phenoxy) is 1. The zero-order chi connectivity index (χ0) is 16.8. The topological polar surface area (TPSA) is 55.4 Å². The molecule has 0 atom stereocenters. The highest BCUT2D eigenvalue weighted by molar-refractivity contribution is 5.95. The Bertz CT molecular complexity index is 711. The highest BCUT2D eigenvalue weighted by Crippen LogP contribution is 2.11. The Hall–Kier alpha value is -2.69. The van der Waals surface area contributed by atoms with Crippen LogP contribution in [-0.2, 0) is 16.0 Å². The molecule has 4 nitrogen and oxygen atoms in total. The lowest BCUT2D eigenvalue weighted by atomic mass is 10.1. The maximum Gasteiger partial charge on any atom is 0.338 e. The van der Waals surface area contributed by atoms with Gasteiger partial charge in [0.15, 0.2) is 6.61 Å². The number of hydrogen-bond donors (Lipinski definition) is 1. The Morgan fingerprint density at radius 3 is 2.43 bits per heavy atom. The summed E-state index contributed by atoms with van der Waals surface area (Å²) in [6.45, 7) is 3.21. The second-order valence-corrected chi connectivity index (χ2v) is 5.14. The van der Waals surface area contributed by atoms with Gasteiger partial charge in [-0.2, -0.15) is 0 Å². The average molecular weight is 315 g/mol. The average Bonchev–Trinajstić information content (AvgIpc) is 2.56. The van der Waals surface area contributed by atoms with Crippen molar-refractivity contribution in [3.05, 3.63) is 65.0 Å². The lowest BCUT2D eigenvalue weighted by Crippen LogP contribution is -2.21. The molecule has 120 valence electrons. The van der Waals surface area contributed by atoms with Crippen LogP contribution in [0.2, 0.25) is 0 Å². The van der Waals surface area contributed by atoms with Gasteiger partial charge in [-0.25, -0.2) is 9.18 Å². The SMILES string of the molecule is CCc1ccc(NC(=O)COC(=O)c2ccc(C)c(F)c2)cc1. The first-order valence-electron chi connectivity index (χ1n) is 7.31. The van der Waals surface area contributed by atoms with Gasteiger partial charge in [-0.1, -0.05) is 25.1 Å². The molecule has 0 aliphatic rings. The van der Waals surface area contributed by atoms with E-state index in [0.29, 0.717) is 11.3 Å². The second kappa shape index (κ2) is 7.54. The molecule has 0 saturated carbocycles. The molecule has 2 rings (SSSR count). The number of rotatable bonds is 5. The van der Waals surface area contributed by atoms with Crippen molar-refractivity contribution in [2.45, 2.75) is 20.3 Å². The van der Waals surface area contributed by atoms with Crippen LogP contribution in [0.25, 0.3) is 0 Å². The van der Waals surface area contributed by atoms with Crippen LogP contribution >= 0.6 is 0 Å². The standard InChI is InChI=1S/C18H18FNO3/c1-3-13-5-8-15(9-6-13)20-17(21)11-23-18(22)14-7-4-12(2)16(19)10-14/h4-10H,3,11H2,1-2H3,(H,20,21). The summed E-state index contributed by atoms with van der Waals surface area (Å²) in [5.74, 6) is -1.67. The molecule has 2 aromatic rings. The van der Waals surface area contributed by atoms with Gasteiger partial charge >= 0.3 is 5.97 Å². The van der Waals surface area contributed by atoms with Crippen molar-refractivity contribution in [2.75, 3.05) is 11.9 Å². The molecule has 0 bridgehead atoms. The number of hydrogen-bond acceptors (Lipinski definition) is 3. The van der Waals surface area contributed by atoms with Crippen molar-refractivity contribution in [1.29, 1.82) is 0 Å². The third kappa shape index (κ3) is 4.64. The number of halogens is 1. The first-order chi connectivity index (χ1) is 11.0. The quantitative estimate of drug-likeness (QED) is 0.859. The van der Waals surface area contributed by atoms with Gasteiger partial charge in [-0.15, -0.1) is 0 Å². The monoisotopic (exact) mass is 315 g/mol. The van der Waals surface area contributed by atoms with Crippen molar-refractivity contribution in [3.63, 3.8) is 0 Å². The Balaban J connectivity index is 1.87. The van der Waals surface area contributed by atoms with Gasteiger partial charge in [0, 0.05) is 5.69 Å². The molecule has 0 saturated heterocycles. The molecule has 1 N–H and O–H groups in total. The highest BCUT2D eigenvalue weighted by atomic mass is 19.1. The van der Waals surface area contributed by atoms with Gasteiger partial charge in [-0.05, 0) is 48.7 Å². The molecule has 5 heteroatoms. The summed E-state index contributed by atoms with van der Waals surface area (Å²) in [6, 6.07) is 11.4. The Labute approximate surface area is 134 Å². The van der Waals surface area contributed by atoms with E-state index in [2.05, 4.69) is 5.32 Å². The first-order valence-corrected chi connectivity index (χ1v) is 7.31. The Morgan fingerprint density at radius 1 is 1.13 bits per heavy atom. The van der Waals surface area contributed by atoms with Crippen LogP contribution in [0.1, 0.15) is 28.4 Å².